The van der Waals surface area contributed by atoms with Gasteiger partial charge in [0.25, 0.3) is 0 Å². The summed E-state index contributed by atoms with van der Waals surface area (Å²) < 4.78 is 1.63. The van der Waals surface area contributed by atoms with Crippen LogP contribution >= 0.6 is 11.6 Å². The number of anilines is 4. The van der Waals surface area contributed by atoms with Crippen LogP contribution in [0.15, 0.2) is 79.1 Å². The summed E-state index contributed by atoms with van der Waals surface area (Å²) in [4.78, 5) is 26.8. The van der Waals surface area contributed by atoms with E-state index in [1.807, 2.05) is 30.3 Å². The first kappa shape index (κ1) is 21.6. The fraction of sp³-hybridized carbons (Fsp3) is 0.125. The Morgan fingerprint density at radius 1 is 0.971 bits per heavy atom. The van der Waals surface area contributed by atoms with E-state index in [4.69, 9.17) is 11.6 Å². The monoisotopic (exact) mass is 473 g/mol. The van der Waals surface area contributed by atoms with E-state index in [0.717, 1.165) is 11.4 Å². The summed E-state index contributed by atoms with van der Waals surface area (Å²) >= 11 is 5.92. The Labute approximate surface area is 200 Å². The third-order valence-electron chi connectivity index (χ3n) is 5.45. The maximum Gasteiger partial charge on any atom is 0.229 e. The molecule has 1 atom stereocenters. The molecule has 1 aliphatic rings. The van der Waals surface area contributed by atoms with Crippen LogP contribution in [-0.4, -0.2) is 38.3 Å². The molecule has 1 fully saturated rings. The van der Waals surface area contributed by atoms with Crippen molar-refractivity contribution >= 4 is 46.3 Å². The van der Waals surface area contributed by atoms with E-state index in [0.29, 0.717) is 28.9 Å². The van der Waals surface area contributed by atoms with E-state index in [2.05, 4.69) is 25.9 Å². The summed E-state index contributed by atoms with van der Waals surface area (Å²) in [5, 5.41) is 19.1. The maximum atomic E-state index is 12.7. The molecule has 5 rings (SSSR count). The third kappa shape index (κ3) is 4.74. The number of carbonyl (C=O) groups excluding carboxylic acids is 2. The second kappa shape index (κ2) is 9.32. The molecule has 2 aromatic carbocycles. The minimum absolute atomic E-state index is 0.0818. The number of benzene rings is 2. The minimum Gasteiger partial charge on any atom is -0.339 e. The van der Waals surface area contributed by atoms with Gasteiger partial charge >= 0.3 is 0 Å². The van der Waals surface area contributed by atoms with Gasteiger partial charge in [-0.05, 0) is 66.7 Å². The van der Waals surface area contributed by atoms with Crippen LogP contribution in [0, 0.1) is 5.92 Å². The van der Waals surface area contributed by atoms with E-state index in [1.165, 1.54) is 0 Å². The fourth-order valence-corrected chi connectivity index (χ4v) is 3.83. The van der Waals surface area contributed by atoms with Gasteiger partial charge in [-0.3, -0.25) is 9.59 Å². The molecule has 0 unspecified atom stereocenters. The molecule has 3 heterocycles. The highest BCUT2D eigenvalue weighted by atomic mass is 35.5. The molecule has 1 aliphatic heterocycles. The Balaban J connectivity index is 1.18. The molecular formula is C24H20ClN7O2. The normalized spacial score (nSPS) is 15.4. The molecule has 1 saturated heterocycles. The maximum absolute atomic E-state index is 12.7. The number of nitrogens with zero attached hydrogens (tertiary/aromatic N) is 5. The topological polar surface area (TPSA) is 105 Å². The van der Waals surface area contributed by atoms with Crippen LogP contribution in [0.2, 0.25) is 5.02 Å². The van der Waals surface area contributed by atoms with Gasteiger partial charge in [0.15, 0.2) is 11.6 Å². The van der Waals surface area contributed by atoms with Crippen LogP contribution in [0.4, 0.5) is 22.9 Å². The predicted molar refractivity (Wildman–Crippen MR) is 129 cm³/mol. The highest BCUT2D eigenvalue weighted by molar-refractivity contribution is 6.30. The average molecular weight is 474 g/mol. The highest BCUT2D eigenvalue weighted by Crippen LogP contribution is 2.27. The number of nitrogens with one attached hydrogen (secondary N) is 2. The van der Waals surface area contributed by atoms with Crippen molar-refractivity contribution in [3.63, 3.8) is 0 Å². The summed E-state index contributed by atoms with van der Waals surface area (Å²) in [5.41, 5.74) is 2.18. The quantitative estimate of drug-likeness (QED) is 0.437. The fourth-order valence-electron chi connectivity index (χ4n) is 3.70. The highest BCUT2D eigenvalue weighted by Gasteiger charge is 2.35. The Morgan fingerprint density at radius 3 is 2.41 bits per heavy atom. The molecule has 0 spiro atoms. The Hall–Kier alpha value is -4.24. The summed E-state index contributed by atoms with van der Waals surface area (Å²) in [6, 6.07) is 19.7. The van der Waals surface area contributed by atoms with Gasteiger partial charge in [0.2, 0.25) is 11.8 Å². The van der Waals surface area contributed by atoms with Crippen molar-refractivity contribution in [1.29, 1.82) is 0 Å². The minimum atomic E-state index is -0.426. The molecule has 0 bridgehead atoms. The lowest BCUT2D eigenvalue weighted by Gasteiger charge is -2.17. The van der Waals surface area contributed by atoms with Crippen LogP contribution in [0.25, 0.3) is 5.82 Å². The van der Waals surface area contributed by atoms with Gasteiger partial charge < -0.3 is 15.5 Å². The van der Waals surface area contributed by atoms with E-state index < -0.39 is 5.92 Å². The van der Waals surface area contributed by atoms with Gasteiger partial charge in [-0.25, -0.2) is 4.68 Å². The van der Waals surface area contributed by atoms with Crippen molar-refractivity contribution in [3.05, 3.63) is 84.1 Å². The molecule has 2 N–H and O–H groups in total. The first-order valence-corrected chi connectivity index (χ1v) is 11.0. The number of halogens is 1. The SMILES string of the molecule is O=C(Nc1ccc(Nc2ccc(-n3cccn3)nn2)cc1)[C@H]1CC(=O)N(c2ccc(Cl)cc2)C1. The number of aromatic nitrogens is 4. The van der Waals surface area contributed by atoms with Crippen LogP contribution < -0.4 is 15.5 Å². The first-order chi connectivity index (χ1) is 16.5. The lowest BCUT2D eigenvalue weighted by molar-refractivity contribution is -0.122. The third-order valence-corrected chi connectivity index (χ3v) is 5.70. The Morgan fingerprint density at radius 2 is 1.74 bits per heavy atom. The zero-order valence-electron chi connectivity index (χ0n) is 17.9. The van der Waals surface area contributed by atoms with E-state index >= 15 is 0 Å². The van der Waals surface area contributed by atoms with E-state index in [9.17, 15) is 9.59 Å². The lowest BCUT2D eigenvalue weighted by Crippen LogP contribution is -2.28. The van der Waals surface area contributed by atoms with Crippen LogP contribution in [-0.2, 0) is 9.59 Å². The van der Waals surface area contributed by atoms with Gasteiger partial charge in [-0.15, -0.1) is 10.2 Å². The molecule has 9 nitrogen and oxygen atoms in total. The van der Waals surface area contributed by atoms with E-state index in [1.54, 1.807) is 58.4 Å². The number of hydrogen-bond donors (Lipinski definition) is 2. The van der Waals surface area contributed by atoms with Gasteiger partial charge in [-0.2, -0.15) is 5.10 Å². The number of amides is 2. The van der Waals surface area contributed by atoms with Crippen molar-refractivity contribution < 1.29 is 9.59 Å². The predicted octanol–water partition coefficient (Wildman–Crippen LogP) is 4.05. The van der Waals surface area contributed by atoms with Crippen molar-refractivity contribution in [2.45, 2.75) is 6.42 Å². The van der Waals surface area contributed by atoms with Crippen LogP contribution in [0.3, 0.4) is 0 Å². The number of rotatable bonds is 6. The Bertz CT molecular complexity index is 1290. The molecule has 2 aromatic heterocycles. The van der Waals surface area contributed by atoms with E-state index in [-0.39, 0.29) is 18.2 Å². The van der Waals surface area contributed by atoms with Crippen molar-refractivity contribution in [2.75, 3.05) is 22.1 Å². The number of carbonyl (C=O) groups is 2. The van der Waals surface area contributed by atoms with Gasteiger partial charge in [-0.1, -0.05) is 11.6 Å². The standard InChI is InChI=1S/C24H20ClN7O2/c25-17-2-8-20(9-3-17)31-15-16(14-23(31)33)24(34)28-19-6-4-18(5-7-19)27-21-10-11-22(30-29-21)32-13-1-12-26-32/h1-13,16H,14-15H2,(H,27,29)(H,28,34)/t16-/m0/s1. The summed E-state index contributed by atoms with van der Waals surface area (Å²) in [5.74, 6) is 0.505. The molecule has 0 aliphatic carbocycles. The largest absolute Gasteiger partial charge is 0.339 e. The van der Waals surface area contributed by atoms with Gasteiger partial charge in [0.05, 0.1) is 5.92 Å². The van der Waals surface area contributed by atoms with Gasteiger partial charge in [0.1, 0.15) is 0 Å². The summed E-state index contributed by atoms with van der Waals surface area (Å²) in [6.45, 7) is 0.332. The lowest BCUT2D eigenvalue weighted by atomic mass is 10.1. The Kier molecular flexibility index (Phi) is 5.92. The first-order valence-electron chi connectivity index (χ1n) is 10.6. The number of hydrogen-bond acceptors (Lipinski definition) is 6. The second-order valence-corrected chi connectivity index (χ2v) is 8.24. The summed E-state index contributed by atoms with van der Waals surface area (Å²) in [7, 11) is 0. The zero-order chi connectivity index (χ0) is 23.5. The van der Waals surface area contributed by atoms with Gasteiger partial charge in [0, 0.05) is 47.4 Å². The van der Waals surface area contributed by atoms with Crippen molar-refractivity contribution in [3.8, 4) is 5.82 Å². The van der Waals surface area contributed by atoms with Crippen molar-refractivity contribution in [1.82, 2.24) is 20.0 Å². The van der Waals surface area contributed by atoms with Crippen LogP contribution in [0.5, 0.6) is 0 Å². The van der Waals surface area contributed by atoms with Crippen molar-refractivity contribution in [2.24, 2.45) is 5.92 Å². The molecule has 0 radical (unpaired) electrons. The van der Waals surface area contributed by atoms with Crippen LogP contribution in [0.1, 0.15) is 6.42 Å². The molecular weight excluding hydrogens is 454 g/mol. The molecule has 34 heavy (non-hydrogen) atoms. The average Bonchev–Trinajstić information content (AvgIpc) is 3.52. The smallest absolute Gasteiger partial charge is 0.229 e. The molecule has 2 amide bonds. The molecule has 4 aromatic rings. The molecule has 10 heteroatoms. The second-order valence-electron chi connectivity index (χ2n) is 7.80. The molecule has 170 valence electrons. The molecule has 0 saturated carbocycles. The zero-order valence-corrected chi connectivity index (χ0v) is 18.7. The summed E-state index contributed by atoms with van der Waals surface area (Å²) in [6.07, 6.45) is 3.64.